The molecule has 4 rings (SSSR count). The molecule has 1 aromatic heterocycles. The van der Waals surface area contributed by atoms with Crippen molar-refractivity contribution in [3.05, 3.63) is 100 Å². The van der Waals surface area contributed by atoms with Gasteiger partial charge >= 0.3 is 0 Å². The molecule has 0 spiro atoms. The second-order valence-corrected chi connectivity index (χ2v) is 8.65. The van der Waals surface area contributed by atoms with Crippen molar-refractivity contribution < 1.29 is 9.53 Å². The van der Waals surface area contributed by atoms with E-state index in [-0.39, 0.29) is 5.91 Å². The van der Waals surface area contributed by atoms with Crippen LogP contribution >= 0.6 is 24.0 Å². The second kappa shape index (κ2) is 9.24. The van der Waals surface area contributed by atoms with Crippen LogP contribution in [0.3, 0.4) is 0 Å². The quantitative estimate of drug-likeness (QED) is 0.387. The number of pyridine rings is 1. The molecule has 30 heavy (non-hydrogen) atoms. The maximum absolute atomic E-state index is 12.8. The van der Waals surface area contributed by atoms with Crippen LogP contribution in [0.15, 0.2) is 78.0 Å². The number of aryl methyl sites for hydroxylation is 1. The molecule has 0 saturated carbocycles. The van der Waals surface area contributed by atoms with Crippen LogP contribution in [0.1, 0.15) is 22.3 Å². The number of thioether (sulfide) groups is 1. The molecule has 4 nitrogen and oxygen atoms in total. The molecule has 0 unspecified atom stereocenters. The number of nitrogens with zero attached hydrogens (tertiary/aromatic N) is 2. The molecular weight excluding hydrogens is 412 g/mol. The van der Waals surface area contributed by atoms with E-state index in [1.807, 2.05) is 48.5 Å². The molecule has 0 bridgehead atoms. The molecule has 0 atom stereocenters. The summed E-state index contributed by atoms with van der Waals surface area (Å²) >= 11 is 6.73. The molecule has 3 aromatic rings. The lowest BCUT2D eigenvalue weighted by molar-refractivity contribution is -0.122. The van der Waals surface area contributed by atoms with E-state index >= 15 is 0 Å². The first-order valence-corrected chi connectivity index (χ1v) is 10.7. The summed E-state index contributed by atoms with van der Waals surface area (Å²) in [5.74, 6) is 0.714. The Morgan fingerprint density at radius 3 is 2.63 bits per heavy atom. The van der Waals surface area contributed by atoms with Crippen LogP contribution < -0.4 is 4.74 Å². The third-order valence-electron chi connectivity index (χ3n) is 4.60. The van der Waals surface area contributed by atoms with Crippen molar-refractivity contribution in [3.8, 4) is 5.75 Å². The van der Waals surface area contributed by atoms with Crippen molar-refractivity contribution in [3.63, 3.8) is 0 Å². The number of rotatable bonds is 6. The summed E-state index contributed by atoms with van der Waals surface area (Å²) in [7, 11) is 0. The lowest BCUT2D eigenvalue weighted by Crippen LogP contribution is -2.27. The van der Waals surface area contributed by atoms with E-state index in [0.717, 1.165) is 22.4 Å². The monoisotopic (exact) mass is 432 g/mol. The summed E-state index contributed by atoms with van der Waals surface area (Å²) in [5.41, 5.74) is 4.23. The largest absolute Gasteiger partial charge is 0.489 e. The molecule has 0 radical (unpaired) electrons. The second-order valence-electron chi connectivity index (χ2n) is 6.98. The van der Waals surface area contributed by atoms with E-state index in [1.165, 1.54) is 17.3 Å². The van der Waals surface area contributed by atoms with Crippen molar-refractivity contribution in [1.29, 1.82) is 0 Å². The molecule has 1 amide bonds. The summed E-state index contributed by atoms with van der Waals surface area (Å²) in [6.45, 7) is 3.02. The zero-order valence-electron chi connectivity index (χ0n) is 16.4. The minimum Gasteiger partial charge on any atom is -0.489 e. The van der Waals surface area contributed by atoms with Crippen LogP contribution in [-0.4, -0.2) is 20.1 Å². The van der Waals surface area contributed by atoms with Gasteiger partial charge in [-0.3, -0.25) is 14.7 Å². The SMILES string of the molecule is Cc1cccc(COc2ccc(/C=C3\SC(=S)N(Cc4cccnc4)C3=O)cc2)c1. The van der Waals surface area contributed by atoms with E-state index in [9.17, 15) is 4.79 Å². The molecular formula is C24H20N2O2S2. The van der Waals surface area contributed by atoms with E-state index < -0.39 is 0 Å². The maximum atomic E-state index is 12.8. The van der Waals surface area contributed by atoms with Crippen LogP contribution in [0.5, 0.6) is 5.75 Å². The predicted octanol–water partition coefficient (Wildman–Crippen LogP) is 5.37. The first-order chi connectivity index (χ1) is 14.6. The fourth-order valence-corrected chi connectivity index (χ4v) is 4.35. The van der Waals surface area contributed by atoms with Gasteiger partial charge in [-0.15, -0.1) is 0 Å². The Balaban J connectivity index is 1.40. The van der Waals surface area contributed by atoms with E-state index in [1.54, 1.807) is 17.3 Å². The van der Waals surface area contributed by atoms with Gasteiger partial charge in [-0.1, -0.05) is 72.0 Å². The van der Waals surface area contributed by atoms with Gasteiger partial charge in [0.15, 0.2) is 0 Å². The zero-order chi connectivity index (χ0) is 20.9. The number of carbonyl (C=O) groups excluding carboxylic acids is 1. The van der Waals surface area contributed by atoms with Crippen LogP contribution in [0.2, 0.25) is 0 Å². The third-order valence-corrected chi connectivity index (χ3v) is 5.98. The fourth-order valence-electron chi connectivity index (χ4n) is 3.09. The number of amides is 1. The van der Waals surface area contributed by atoms with Gasteiger partial charge in [0.2, 0.25) is 0 Å². The van der Waals surface area contributed by atoms with Crippen LogP contribution in [-0.2, 0) is 17.9 Å². The standard InChI is InChI=1S/C24H20N2O2S2/c1-17-4-2-5-19(12-17)16-28-21-9-7-18(8-10-21)13-22-23(27)26(24(29)30-22)15-20-6-3-11-25-14-20/h2-14H,15-16H2,1H3/b22-13-. The Labute approximate surface area is 185 Å². The van der Waals surface area contributed by atoms with Crippen molar-refractivity contribution in [2.24, 2.45) is 0 Å². The lowest BCUT2D eigenvalue weighted by atomic mass is 10.1. The number of aromatic nitrogens is 1. The van der Waals surface area contributed by atoms with Crippen molar-refractivity contribution >= 4 is 40.3 Å². The molecule has 2 aromatic carbocycles. The average Bonchev–Trinajstić information content (AvgIpc) is 3.01. The molecule has 1 saturated heterocycles. The number of thiocarbonyl (C=S) groups is 1. The van der Waals surface area contributed by atoms with E-state index in [2.05, 4.69) is 30.1 Å². The Bertz CT molecular complexity index is 1100. The molecule has 1 aliphatic rings. The summed E-state index contributed by atoms with van der Waals surface area (Å²) in [4.78, 5) is 19.1. The van der Waals surface area contributed by atoms with Gasteiger partial charge in [0.05, 0.1) is 11.4 Å². The predicted molar refractivity (Wildman–Crippen MR) is 125 cm³/mol. The Hall–Kier alpha value is -2.96. The summed E-state index contributed by atoms with van der Waals surface area (Å²) in [6, 6.07) is 19.8. The summed E-state index contributed by atoms with van der Waals surface area (Å²) in [5, 5.41) is 0. The van der Waals surface area contributed by atoms with Gasteiger partial charge in [0.1, 0.15) is 16.7 Å². The van der Waals surface area contributed by atoms with E-state index in [0.29, 0.717) is 22.4 Å². The Kier molecular flexibility index (Phi) is 6.26. The van der Waals surface area contributed by atoms with Crippen molar-refractivity contribution in [1.82, 2.24) is 9.88 Å². The molecule has 1 aliphatic heterocycles. The van der Waals surface area contributed by atoms with Gasteiger partial charge in [-0.05, 0) is 47.9 Å². The number of ether oxygens (including phenoxy) is 1. The minimum absolute atomic E-state index is 0.0753. The van der Waals surface area contributed by atoms with Gasteiger partial charge < -0.3 is 4.74 Å². The Morgan fingerprint density at radius 2 is 1.90 bits per heavy atom. The number of benzene rings is 2. The molecule has 0 aliphatic carbocycles. The first kappa shape index (κ1) is 20.3. The van der Waals surface area contributed by atoms with E-state index in [4.69, 9.17) is 17.0 Å². The van der Waals surface area contributed by atoms with Gasteiger partial charge in [0, 0.05) is 12.4 Å². The first-order valence-electron chi connectivity index (χ1n) is 9.51. The van der Waals surface area contributed by atoms with Gasteiger partial charge in [-0.25, -0.2) is 0 Å². The molecule has 1 fully saturated rings. The van der Waals surface area contributed by atoms with Crippen LogP contribution in [0, 0.1) is 6.92 Å². The highest BCUT2D eigenvalue weighted by molar-refractivity contribution is 8.26. The summed E-state index contributed by atoms with van der Waals surface area (Å²) in [6.07, 6.45) is 5.33. The van der Waals surface area contributed by atoms with Crippen LogP contribution in [0.4, 0.5) is 0 Å². The van der Waals surface area contributed by atoms with Crippen LogP contribution in [0.25, 0.3) is 6.08 Å². The number of carbonyl (C=O) groups is 1. The van der Waals surface area contributed by atoms with Crippen molar-refractivity contribution in [2.75, 3.05) is 0 Å². The maximum Gasteiger partial charge on any atom is 0.266 e. The number of hydrogen-bond acceptors (Lipinski definition) is 5. The zero-order valence-corrected chi connectivity index (χ0v) is 18.1. The fraction of sp³-hybridized carbons (Fsp3) is 0.125. The smallest absolute Gasteiger partial charge is 0.266 e. The van der Waals surface area contributed by atoms with Gasteiger partial charge in [0.25, 0.3) is 5.91 Å². The molecule has 6 heteroatoms. The Morgan fingerprint density at radius 1 is 1.10 bits per heavy atom. The molecule has 2 heterocycles. The molecule has 150 valence electrons. The van der Waals surface area contributed by atoms with Gasteiger partial charge in [-0.2, -0.15) is 0 Å². The highest BCUT2D eigenvalue weighted by Crippen LogP contribution is 2.33. The topological polar surface area (TPSA) is 42.4 Å². The normalized spacial score (nSPS) is 15.1. The van der Waals surface area contributed by atoms with Crippen molar-refractivity contribution in [2.45, 2.75) is 20.1 Å². The molecule has 0 N–H and O–H groups in total. The highest BCUT2D eigenvalue weighted by atomic mass is 32.2. The number of hydrogen-bond donors (Lipinski definition) is 0. The highest BCUT2D eigenvalue weighted by Gasteiger charge is 2.31. The summed E-state index contributed by atoms with van der Waals surface area (Å²) < 4.78 is 6.43. The average molecular weight is 433 g/mol. The minimum atomic E-state index is -0.0753. The lowest BCUT2D eigenvalue weighted by Gasteiger charge is -2.13. The third kappa shape index (κ3) is 4.96.